The number of nitriles is 1. The van der Waals surface area contributed by atoms with E-state index in [1.54, 1.807) is 6.20 Å². The third-order valence-corrected chi connectivity index (χ3v) is 3.55. The van der Waals surface area contributed by atoms with Crippen LogP contribution >= 0.6 is 11.8 Å². The summed E-state index contributed by atoms with van der Waals surface area (Å²) in [5.41, 5.74) is 7.10. The van der Waals surface area contributed by atoms with Gasteiger partial charge in [-0.05, 0) is 25.5 Å². The van der Waals surface area contributed by atoms with E-state index in [4.69, 9.17) is 11.0 Å². The topological polar surface area (TPSA) is 93.4 Å². The minimum Gasteiger partial charge on any atom is -0.368 e. The van der Waals surface area contributed by atoms with Crippen molar-refractivity contribution in [3.8, 4) is 6.07 Å². The standard InChI is InChI=1S/C12H14N6S/c1-8(2)18-11(14)16-17-12(18)19-7-9-4-3-5-15-10(9)6-13/h3-5,8H,7H2,1-2H3,(H2,14,16). The zero-order chi connectivity index (χ0) is 13.8. The van der Waals surface area contributed by atoms with E-state index in [2.05, 4.69) is 21.3 Å². The van der Waals surface area contributed by atoms with E-state index < -0.39 is 0 Å². The van der Waals surface area contributed by atoms with Crippen LogP contribution in [-0.4, -0.2) is 19.7 Å². The Bertz CT molecular complexity index is 613. The average Bonchev–Trinajstić information content (AvgIpc) is 2.78. The average molecular weight is 274 g/mol. The third kappa shape index (κ3) is 2.85. The van der Waals surface area contributed by atoms with Gasteiger partial charge >= 0.3 is 0 Å². The number of rotatable bonds is 4. The maximum atomic E-state index is 8.99. The largest absolute Gasteiger partial charge is 0.368 e. The third-order valence-electron chi connectivity index (χ3n) is 2.56. The zero-order valence-corrected chi connectivity index (χ0v) is 11.6. The predicted molar refractivity (Wildman–Crippen MR) is 73.3 cm³/mol. The molecule has 19 heavy (non-hydrogen) atoms. The number of hydrogen-bond acceptors (Lipinski definition) is 6. The minimum atomic E-state index is 0.196. The van der Waals surface area contributed by atoms with Gasteiger partial charge in [0.1, 0.15) is 11.8 Å². The molecule has 2 heterocycles. The maximum absolute atomic E-state index is 8.99. The summed E-state index contributed by atoms with van der Waals surface area (Å²) in [6, 6.07) is 5.98. The first-order valence-corrected chi connectivity index (χ1v) is 6.79. The molecule has 0 fully saturated rings. The SMILES string of the molecule is CC(C)n1c(N)nnc1SCc1cccnc1C#N. The molecule has 7 heteroatoms. The van der Waals surface area contributed by atoms with Crippen LogP contribution in [0.5, 0.6) is 0 Å². The van der Waals surface area contributed by atoms with Crippen LogP contribution < -0.4 is 5.73 Å². The van der Waals surface area contributed by atoms with Crippen LogP contribution in [0.4, 0.5) is 5.95 Å². The minimum absolute atomic E-state index is 0.196. The van der Waals surface area contributed by atoms with Crippen LogP contribution in [0.3, 0.4) is 0 Å². The summed E-state index contributed by atoms with van der Waals surface area (Å²) < 4.78 is 1.87. The first-order valence-electron chi connectivity index (χ1n) is 5.80. The molecule has 0 unspecified atom stereocenters. The van der Waals surface area contributed by atoms with E-state index >= 15 is 0 Å². The van der Waals surface area contributed by atoms with Crippen molar-refractivity contribution in [1.29, 1.82) is 5.26 Å². The van der Waals surface area contributed by atoms with Gasteiger partial charge in [0, 0.05) is 18.0 Å². The number of nitrogens with two attached hydrogens (primary N) is 1. The highest BCUT2D eigenvalue weighted by molar-refractivity contribution is 7.98. The molecule has 0 saturated heterocycles. The van der Waals surface area contributed by atoms with Crippen molar-refractivity contribution in [1.82, 2.24) is 19.7 Å². The first kappa shape index (κ1) is 13.4. The Morgan fingerprint density at radius 1 is 1.47 bits per heavy atom. The number of pyridine rings is 1. The molecule has 2 aromatic heterocycles. The van der Waals surface area contributed by atoms with Gasteiger partial charge in [-0.2, -0.15) is 5.26 Å². The lowest BCUT2D eigenvalue weighted by Crippen LogP contribution is -2.07. The van der Waals surface area contributed by atoms with Crippen LogP contribution in [0, 0.1) is 11.3 Å². The second-order valence-corrected chi connectivity index (χ2v) is 5.16. The highest BCUT2D eigenvalue weighted by Gasteiger charge is 2.13. The molecule has 0 aromatic carbocycles. The molecular weight excluding hydrogens is 260 g/mol. The molecule has 0 saturated carbocycles. The molecule has 0 radical (unpaired) electrons. The van der Waals surface area contributed by atoms with Gasteiger partial charge in [0.15, 0.2) is 5.16 Å². The Labute approximate surface area is 115 Å². The van der Waals surface area contributed by atoms with Crippen molar-refractivity contribution in [2.24, 2.45) is 0 Å². The summed E-state index contributed by atoms with van der Waals surface area (Å²) in [5, 5.41) is 17.7. The van der Waals surface area contributed by atoms with E-state index in [1.165, 1.54) is 11.8 Å². The molecule has 0 aliphatic carbocycles. The second kappa shape index (κ2) is 5.71. The van der Waals surface area contributed by atoms with Crippen molar-refractivity contribution in [3.05, 3.63) is 29.6 Å². The van der Waals surface area contributed by atoms with Crippen molar-refractivity contribution < 1.29 is 0 Å². The van der Waals surface area contributed by atoms with E-state index in [1.807, 2.05) is 30.5 Å². The molecule has 0 amide bonds. The monoisotopic (exact) mass is 274 g/mol. The molecule has 98 valence electrons. The van der Waals surface area contributed by atoms with Crippen LogP contribution in [0.1, 0.15) is 31.1 Å². The molecule has 2 aromatic rings. The van der Waals surface area contributed by atoms with E-state index in [-0.39, 0.29) is 6.04 Å². The van der Waals surface area contributed by atoms with Crippen molar-refractivity contribution in [2.45, 2.75) is 30.8 Å². The Hall–Kier alpha value is -2.07. The Balaban J connectivity index is 2.18. The zero-order valence-electron chi connectivity index (χ0n) is 10.7. The maximum Gasteiger partial charge on any atom is 0.222 e. The fourth-order valence-corrected chi connectivity index (χ4v) is 2.73. The quantitative estimate of drug-likeness (QED) is 0.857. The fraction of sp³-hybridized carbons (Fsp3) is 0.333. The van der Waals surface area contributed by atoms with Crippen molar-refractivity contribution in [2.75, 3.05) is 5.73 Å². The number of thioether (sulfide) groups is 1. The Morgan fingerprint density at radius 2 is 2.26 bits per heavy atom. The summed E-state index contributed by atoms with van der Waals surface area (Å²) in [6.45, 7) is 4.04. The fourth-order valence-electron chi connectivity index (χ4n) is 1.67. The van der Waals surface area contributed by atoms with Crippen LogP contribution in [-0.2, 0) is 5.75 Å². The van der Waals surface area contributed by atoms with Crippen LogP contribution in [0.15, 0.2) is 23.5 Å². The molecule has 0 atom stereocenters. The van der Waals surface area contributed by atoms with E-state index in [9.17, 15) is 0 Å². The Morgan fingerprint density at radius 3 is 2.95 bits per heavy atom. The molecule has 6 nitrogen and oxygen atoms in total. The molecule has 2 rings (SSSR count). The normalized spacial score (nSPS) is 10.6. The number of anilines is 1. The highest BCUT2D eigenvalue weighted by Crippen LogP contribution is 2.26. The summed E-state index contributed by atoms with van der Waals surface area (Å²) in [5.74, 6) is 1.02. The number of nitrogen functional groups attached to an aromatic ring is 1. The molecule has 0 bridgehead atoms. The lowest BCUT2D eigenvalue weighted by Gasteiger charge is -2.11. The molecule has 2 N–H and O–H groups in total. The van der Waals surface area contributed by atoms with Crippen LogP contribution in [0.25, 0.3) is 0 Å². The Kier molecular flexibility index (Phi) is 4.02. The van der Waals surface area contributed by atoms with E-state index in [0.717, 1.165) is 10.7 Å². The van der Waals surface area contributed by atoms with Gasteiger partial charge in [0.05, 0.1) is 0 Å². The van der Waals surface area contributed by atoms with Gasteiger partial charge in [-0.25, -0.2) is 4.98 Å². The van der Waals surface area contributed by atoms with Gasteiger partial charge in [-0.1, -0.05) is 17.8 Å². The lowest BCUT2D eigenvalue weighted by atomic mass is 10.2. The number of hydrogen-bond donors (Lipinski definition) is 1. The van der Waals surface area contributed by atoms with Crippen LogP contribution in [0.2, 0.25) is 0 Å². The summed E-state index contributed by atoms with van der Waals surface area (Å²) in [6.07, 6.45) is 1.61. The highest BCUT2D eigenvalue weighted by atomic mass is 32.2. The molecule has 0 aliphatic heterocycles. The van der Waals surface area contributed by atoms with Gasteiger partial charge in [0.2, 0.25) is 5.95 Å². The summed E-state index contributed by atoms with van der Waals surface area (Å²) in [4.78, 5) is 4.03. The van der Waals surface area contributed by atoms with Gasteiger partial charge in [0.25, 0.3) is 0 Å². The summed E-state index contributed by atoms with van der Waals surface area (Å²) in [7, 11) is 0. The number of nitrogens with zero attached hydrogens (tertiary/aromatic N) is 5. The summed E-state index contributed by atoms with van der Waals surface area (Å²) >= 11 is 1.50. The predicted octanol–water partition coefficient (Wildman–Crippen LogP) is 2.00. The first-order chi connectivity index (χ1) is 9.13. The number of aromatic nitrogens is 4. The van der Waals surface area contributed by atoms with Gasteiger partial charge in [-0.3, -0.25) is 4.57 Å². The van der Waals surface area contributed by atoms with Gasteiger partial charge in [-0.15, -0.1) is 10.2 Å². The van der Waals surface area contributed by atoms with Gasteiger partial charge < -0.3 is 5.73 Å². The molecule has 0 aliphatic rings. The lowest BCUT2D eigenvalue weighted by molar-refractivity contribution is 0.557. The smallest absolute Gasteiger partial charge is 0.222 e. The van der Waals surface area contributed by atoms with Crippen molar-refractivity contribution >= 4 is 17.7 Å². The second-order valence-electron chi connectivity index (χ2n) is 4.22. The van der Waals surface area contributed by atoms with E-state index in [0.29, 0.717) is 17.4 Å². The molecular formula is C12H14N6S. The molecule has 0 spiro atoms. The van der Waals surface area contributed by atoms with Crippen molar-refractivity contribution in [3.63, 3.8) is 0 Å².